The van der Waals surface area contributed by atoms with Gasteiger partial charge >= 0.3 is 5.97 Å². The fourth-order valence-electron chi connectivity index (χ4n) is 3.77. The van der Waals surface area contributed by atoms with Crippen molar-refractivity contribution in [2.75, 3.05) is 34.4 Å². The average Bonchev–Trinajstić information content (AvgIpc) is 3.10. The van der Waals surface area contributed by atoms with E-state index in [2.05, 4.69) is 17.0 Å². The first-order chi connectivity index (χ1) is 12.7. The number of ether oxygens (including phenoxy) is 3. The second-order valence-electron chi connectivity index (χ2n) is 6.50. The van der Waals surface area contributed by atoms with Crippen molar-refractivity contribution in [3.05, 3.63) is 59.7 Å². The van der Waals surface area contributed by atoms with Gasteiger partial charge in [-0.3, -0.25) is 9.69 Å². The van der Waals surface area contributed by atoms with E-state index in [4.69, 9.17) is 14.2 Å². The number of rotatable bonds is 6. The zero-order chi connectivity index (χ0) is 18.5. The first-order valence-electron chi connectivity index (χ1n) is 8.73. The zero-order valence-electron chi connectivity index (χ0n) is 15.5. The summed E-state index contributed by atoms with van der Waals surface area (Å²) in [6.45, 7) is 2.22. The van der Waals surface area contributed by atoms with Crippen LogP contribution < -0.4 is 9.47 Å². The lowest BCUT2D eigenvalue weighted by Gasteiger charge is -2.21. The highest BCUT2D eigenvalue weighted by molar-refractivity contribution is 5.75. The van der Waals surface area contributed by atoms with E-state index in [-0.39, 0.29) is 17.8 Å². The second-order valence-corrected chi connectivity index (χ2v) is 6.50. The van der Waals surface area contributed by atoms with Gasteiger partial charge in [0.15, 0.2) is 11.5 Å². The van der Waals surface area contributed by atoms with Crippen LogP contribution in [0.2, 0.25) is 0 Å². The Morgan fingerprint density at radius 1 is 1.00 bits per heavy atom. The number of nitrogens with zero attached hydrogens (tertiary/aromatic N) is 1. The van der Waals surface area contributed by atoms with Crippen LogP contribution in [-0.2, 0) is 16.1 Å². The maximum Gasteiger partial charge on any atom is 0.310 e. The van der Waals surface area contributed by atoms with E-state index in [1.54, 1.807) is 14.2 Å². The van der Waals surface area contributed by atoms with Crippen LogP contribution in [0.3, 0.4) is 0 Å². The number of methoxy groups -OCH3 is 3. The molecule has 0 radical (unpaired) electrons. The van der Waals surface area contributed by atoms with Crippen molar-refractivity contribution in [3.8, 4) is 11.5 Å². The molecule has 2 aromatic rings. The number of carbonyl (C=O) groups excluding carboxylic acids is 1. The molecular formula is C21H25NO4. The Morgan fingerprint density at radius 2 is 1.77 bits per heavy atom. The third-order valence-electron chi connectivity index (χ3n) is 4.98. The number of likely N-dealkylation sites (tertiary alicyclic amines) is 1. The number of hydrogen-bond acceptors (Lipinski definition) is 5. The van der Waals surface area contributed by atoms with Crippen LogP contribution in [0.4, 0.5) is 0 Å². The second kappa shape index (κ2) is 8.23. The fraction of sp³-hybridized carbons (Fsp3) is 0.381. The van der Waals surface area contributed by atoms with Gasteiger partial charge in [0.05, 0.1) is 27.2 Å². The summed E-state index contributed by atoms with van der Waals surface area (Å²) in [5.41, 5.74) is 2.21. The van der Waals surface area contributed by atoms with E-state index < -0.39 is 0 Å². The highest BCUT2D eigenvalue weighted by atomic mass is 16.5. The Kier molecular flexibility index (Phi) is 5.78. The number of esters is 1. The van der Waals surface area contributed by atoms with Crippen LogP contribution in [0.15, 0.2) is 48.5 Å². The van der Waals surface area contributed by atoms with E-state index >= 15 is 0 Å². The molecule has 138 valence electrons. The molecule has 0 aliphatic carbocycles. The molecule has 0 spiro atoms. The molecule has 1 aliphatic rings. The first kappa shape index (κ1) is 18.3. The van der Waals surface area contributed by atoms with E-state index in [9.17, 15) is 4.79 Å². The number of para-hydroxylation sites is 1. The largest absolute Gasteiger partial charge is 0.493 e. The van der Waals surface area contributed by atoms with Crippen molar-refractivity contribution in [2.45, 2.75) is 12.5 Å². The van der Waals surface area contributed by atoms with Gasteiger partial charge in [-0.25, -0.2) is 0 Å². The van der Waals surface area contributed by atoms with Crippen LogP contribution in [0.5, 0.6) is 11.5 Å². The van der Waals surface area contributed by atoms with Gasteiger partial charge in [0.1, 0.15) is 0 Å². The number of carbonyl (C=O) groups is 1. The molecule has 0 aromatic heterocycles. The minimum Gasteiger partial charge on any atom is -0.493 e. The first-order valence-corrected chi connectivity index (χ1v) is 8.73. The highest BCUT2D eigenvalue weighted by Gasteiger charge is 2.40. The summed E-state index contributed by atoms with van der Waals surface area (Å²) in [6, 6.07) is 16.1. The van der Waals surface area contributed by atoms with E-state index in [1.165, 1.54) is 12.7 Å². The van der Waals surface area contributed by atoms with Crippen molar-refractivity contribution in [3.63, 3.8) is 0 Å². The predicted octanol–water partition coefficient (Wildman–Crippen LogP) is 3.09. The molecule has 0 saturated carbocycles. The molecule has 2 atom stereocenters. The maximum absolute atomic E-state index is 12.4. The molecule has 1 aliphatic heterocycles. The van der Waals surface area contributed by atoms with E-state index in [0.29, 0.717) is 18.0 Å². The summed E-state index contributed by atoms with van der Waals surface area (Å²) in [7, 11) is 4.70. The molecule has 0 N–H and O–H groups in total. The predicted molar refractivity (Wildman–Crippen MR) is 99.5 cm³/mol. The van der Waals surface area contributed by atoms with Crippen LogP contribution in [0, 0.1) is 5.92 Å². The van der Waals surface area contributed by atoms with Gasteiger partial charge in [0, 0.05) is 31.1 Å². The van der Waals surface area contributed by atoms with Crippen molar-refractivity contribution in [1.82, 2.24) is 4.90 Å². The maximum atomic E-state index is 12.4. The van der Waals surface area contributed by atoms with E-state index in [1.807, 2.05) is 36.4 Å². The van der Waals surface area contributed by atoms with Crippen LogP contribution in [0.1, 0.15) is 17.0 Å². The Hall–Kier alpha value is -2.53. The van der Waals surface area contributed by atoms with Gasteiger partial charge in [-0.15, -0.1) is 0 Å². The third kappa shape index (κ3) is 3.68. The Bertz CT molecular complexity index is 747. The van der Waals surface area contributed by atoms with Crippen molar-refractivity contribution >= 4 is 5.97 Å². The molecule has 5 nitrogen and oxygen atoms in total. The SMILES string of the molecule is COC(=O)[C@H]1CN(Cc2ccccc2)C[C@@H]1c1cccc(OC)c1OC. The summed E-state index contributed by atoms with van der Waals surface area (Å²) in [5.74, 6) is 0.946. The Labute approximate surface area is 154 Å². The molecule has 5 heteroatoms. The highest BCUT2D eigenvalue weighted by Crippen LogP contribution is 2.42. The molecular weight excluding hydrogens is 330 g/mol. The molecule has 2 aromatic carbocycles. The van der Waals surface area contributed by atoms with Crippen molar-refractivity contribution < 1.29 is 19.0 Å². The normalized spacial score (nSPS) is 20.0. The summed E-state index contributed by atoms with van der Waals surface area (Å²) in [5, 5.41) is 0. The topological polar surface area (TPSA) is 48.0 Å². The van der Waals surface area contributed by atoms with Gasteiger partial charge in [-0.2, -0.15) is 0 Å². The minimum atomic E-state index is -0.232. The van der Waals surface area contributed by atoms with Gasteiger partial charge < -0.3 is 14.2 Å². The molecule has 1 saturated heterocycles. The van der Waals surface area contributed by atoms with Gasteiger partial charge in [0.25, 0.3) is 0 Å². The van der Waals surface area contributed by atoms with E-state index in [0.717, 1.165) is 18.7 Å². The lowest BCUT2D eigenvalue weighted by molar-refractivity contribution is -0.145. The number of hydrogen-bond donors (Lipinski definition) is 0. The standard InChI is InChI=1S/C21H25NO4/c1-24-19-11-7-10-16(20(19)25-2)17-13-22(14-18(17)21(23)26-3)12-15-8-5-4-6-9-15/h4-11,17-18H,12-14H2,1-3H3/t17-,18+/m1/s1. The van der Waals surface area contributed by atoms with Crippen molar-refractivity contribution in [2.24, 2.45) is 5.92 Å². The Balaban J connectivity index is 1.90. The van der Waals surface area contributed by atoms with Gasteiger partial charge in [-0.1, -0.05) is 42.5 Å². The van der Waals surface area contributed by atoms with Crippen molar-refractivity contribution in [1.29, 1.82) is 0 Å². The summed E-state index contributed by atoms with van der Waals surface area (Å²) in [6.07, 6.45) is 0. The lowest BCUT2D eigenvalue weighted by Crippen LogP contribution is -2.24. The third-order valence-corrected chi connectivity index (χ3v) is 4.98. The molecule has 26 heavy (non-hydrogen) atoms. The quantitative estimate of drug-likeness (QED) is 0.745. The summed E-state index contributed by atoms with van der Waals surface area (Å²) in [4.78, 5) is 14.7. The fourth-order valence-corrected chi connectivity index (χ4v) is 3.77. The summed E-state index contributed by atoms with van der Waals surface area (Å²) >= 11 is 0. The van der Waals surface area contributed by atoms with Crippen LogP contribution in [0.25, 0.3) is 0 Å². The smallest absolute Gasteiger partial charge is 0.310 e. The van der Waals surface area contributed by atoms with Crippen LogP contribution >= 0.6 is 0 Å². The molecule has 0 amide bonds. The monoisotopic (exact) mass is 355 g/mol. The molecule has 3 rings (SSSR count). The van der Waals surface area contributed by atoms with Gasteiger partial charge in [-0.05, 0) is 11.6 Å². The Morgan fingerprint density at radius 3 is 2.42 bits per heavy atom. The summed E-state index contributed by atoms with van der Waals surface area (Å²) < 4.78 is 16.1. The minimum absolute atomic E-state index is 0.00351. The molecule has 1 heterocycles. The molecule has 0 bridgehead atoms. The zero-order valence-corrected chi connectivity index (χ0v) is 15.5. The van der Waals surface area contributed by atoms with Crippen LogP contribution in [-0.4, -0.2) is 45.3 Å². The van der Waals surface area contributed by atoms with Gasteiger partial charge in [0.2, 0.25) is 0 Å². The average molecular weight is 355 g/mol. The lowest BCUT2D eigenvalue weighted by atomic mass is 9.88. The molecule has 1 fully saturated rings. The molecule has 0 unspecified atom stereocenters. The number of benzene rings is 2.